The predicted octanol–water partition coefficient (Wildman–Crippen LogP) is 1.96. The van der Waals surface area contributed by atoms with Gasteiger partial charge in [0.1, 0.15) is 0 Å². The standard InChI is InChI=1S/C18H27N3O2/c1-20(16-4-2-3-5-16)13-18(23)21-10-7-14(8-11-21)15-6-9-19-17(22)12-15/h6,9,12,14,16H,2-5,7-8,10-11,13H2,1H3,(H,19,22). The molecule has 1 amide bonds. The molecule has 126 valence electrons. The maximum absolute atomic E-state index is 12.5. The lowest BCUT2D eigenvalue weighted by Gasteiger charge is -2.34. The second-order valence-corrected chi connectivity index (χ2v) is 6.99. The summed E-state index contributed by atoms with van der Waals surface area (Å²) in [4.78, 5) is 30.8. The number of nitrogens with one attached hydrogen (secondary N) is 1. The largest absolute Gasteiger partial charge is 0.342 e. The Bertz CT molecular complexity index is 584. The zero-order chi connectivity index (χ0) is 16.2. The number of rotatable bonds is 4. The molecule has 23 heavy (non-hydrogen) atoms. The molecule has 0 atom stereocenters. The fourth-order valence-corrected chi connectivity index (χ4v) is 3.96. The lowest BCUT2D eigenvalue weighted by Crippen LogP contribution is -2.45. The van der Waals surface area contributed by atoms with Crippen LogP contribution in [0, 0.1) is 0 Å². The summed E-state index contributed by atoms with van der Waals surface area (Å²) in [5.74, 6) is 0.651. The number of carbonyl (C=O) groups is 1. The maximum Gasteiger partial charge on any atom is 0.248 e. The number of carbonyl (C=O) groups excluding carboxylic acids is 1. The average molecular weight is 317 g/mol. The third-order valence-corrected chi connectivity index (χ3v) is 5.45. The Hall–Kier alpha value is -1.62. The highest BCUT2D eigenvalue weighted by atomic mass is 16.2. The van der Waals surface area contributed by atoms with Gasteiger partial charge in [0.05, 0.1) is 6.54 Å². The van der Waals surface area contributed by atoms with E-state index in [4.69, 9.17) is 0 Å². The van der Waals surface area contributed by atoms with Crippen LogP contribution in [0.5, 0.6) is 0 Å². The molecule has 0 bridgehead atoms. The molecule has 3 rings (SSSR count). The maximum atomic E-state index is 12.5. The van der Waals surface area contributed by atoms with Gasteiger partial charge in [-0.15, -0.1) is 0 Å². The van der Waals surface area contributed by atoms with Crippen LogP contribution in [0.25, 0.3) is 0 Å². The minimum Gasteiger partial charge on any atom is -0.342 e. The topological polar surface area (TPSA) is 56.4 Å². The van der Waals surface area contributed by atoms with Gasteiger partial charge in [0.15, 0.2) is 0 Å². The Morgan fingerprint density at radius 1 is 1.26 bits per heavy atom. The van der Waals surface area contributed by atoms with Gasteiger partial charge < -0.3 is 9.88 Å². The molecule has 0 spiro atoms. The third kappa shape index (κ3) is 4.02. The Kier molecular flexibility index (Phi) is 5.16. The van der Waals surface area contributed by atoms with Crippen LogP contribution in [0.4, 0.5) is 0 Å². The van der Waals surface area contributed by atoms with E-state index < -0.39 is 0 Å². The second-order valence-electron chi connectivity index (χ2n) is 6.99. The first-order valence-electron chi connectivity index (χ1n) is 8.80. The minimum atomic E-state index is -0.0424. The van der Waals surface area contributed by atoms with Gasteiger partial charge in [-0.3, -0.25) is 14.5 Å². The molecule has 0 radical (unpaired) electrons. The number of nitrogens with zero attached hydrogens (tertiary/aromatic N) is 2. The second kappa shape index (κ2) is 7.30. The molecule has 1 aromatic heterocycles. The van der Waals surface area contributed by atoms with Crippen molar-refractivity contribution < 1.29 is 4.79 Å². The van der Waals surface area contributed by atoms with Gasteiger partial charge in [0, 0.05) is 31.4 Å². The van der Waals surface area contributed by atoms with Crippen LogP contribution in [0.2, 0.25) is 0 Å². The van der Waals surface area contributed by atoms with E-state index in [1.807, 2.05) is 11.0 Å². The van der Waals surface area contributed by atoms with E-state index in [2.05, 4.69) is 16.9 Å². The van der Waals surface area contributed by atoms with E-state index in [0.29, 0.717) is 18.5 Å². The van der Waals surface area contributed by atoms with Crippen molar-refractivity contribution in [1.82, 2.24) is 14.8 Å². The fraction of sp³-hybridized carbons (Fsp3) is 0.667. The summed E-state index contributed by atoms with van der Waals surface area (Å²) in [5, 5.41) is 0. The van der Waals surface area contributed by atoms with Crippen LogP contribution in [-0.4, -0.2) is 53.4 Å². The van der Waals surface area contributed by atoms with E-state index in [9.17, 15) is 9.59 Å². The van der Waals surface area contributed by atoms with Crippen molar-refractivity contribution in [1.29, 1.82) is 0 Å². The van der Waals surface area contributed by atoms with Crippen LogP contribution in [0.15, 0.2) is 23.1 Å². The van der Waals surface area contributed by atoms with Crippen molar-refractivity contribution in [3.8, 4) is 0 Å². The number of likely N-dealkylation sites (N-methyl/N-ethyl adjacent to an activating group) is 1. The third-order valence-electron chi connectivity index (χ3n) is 5.45. The molecule has 1 saturated heterocycles. The Morgan fingerprint density at radius 3 is 2.61 bits per heavy atom. The normalized spacial score (nSPS) is 20.3. The zero-order valence-corrected chi connectivity index (χ0v) is 14.0. The summed E-state index contributed by atoms with van der Waals surface area (Å²) in [7, 11) is 2.08. The van der Waals surface area contributed by atoms with Crippen LogP contribution >= 0.6 is 0 Å². The number of aromatic amines is 1. The molecule has 1 aliphatic heterocycles. The van der Waals surface area contributed by atoms with Crippen molar-refractivity contribution in [3.05, 3.63) is 34.2 Å². The van der Waals surface area contributed by atoms with Crippen molar-refractivity contribution in [2.75, 3.05) is 26.7 Å². The molecule has 2 fully saturated rings. The molecule has 5 nitrogen and oxygen atoms in total. The molecule has 1 aromatic rings. The Morgan fingerprint density at radius 2 is 1.96 bits per heavy atom. The number of piperidine rings is 1. The zero-order valence-electron chi connectivity index (χ0n) is 14.0. The lowest BCUT2D eigenvalue weighted by atomic mass is 9.90. The molecule has 1 saturated carbocycles. The molecule has 0 aromatic carbocycles. The number of H-pyrrole nitrogens is 1. The van der Waals surface area contributed by atoms with Crippen LogP contribution in [0.1, 0.15) is 50.0 Å². The number of aromatic nitrogens is 1. The van der Waals surface area contributed by atoms with Gasteiger partial charge in [-0.25, -0.2) is 0 Å². The summed E-state index contributed by atoms with van der Waals surface area (Å²) in [6.45, 7) is 2.14. The number of likely N-dealkylation sites (tertiary alicyclic amines) is 1. The fourth-order valence-electron chi connectivity index (χ4n) is 3.96. The summed E-state index contributed by atoms with van der Waals surface area (Å²) in [6, 6.07) is 4.26. The van der Waals surface area contributed by atoms with Crippen molar-refractivity contribution in [2.45, 2.75) is 50.5 Å². The van der Waals surface area contributed by atoms with Gasteiger partial charge in [-0.1, -0.05) is 12.8 Å². The molecule has 1 N–H and O–H groups in total. The van der Waals surface area contributed by atoms with Gasteiger partial charge >= 0.3 is 0 Å². The molecule has 2 aliphatic rings. The van der Waals surface area contributed by atoms with Crippen LogP contribution in [-0.2, 0) is 4.79 Å². The van der Waals surface area contributed by atoms with Crippen LogP contribution < -0.4 is 5.56 Å². The predicted molar refractivity (Wildman–Crippen MR) is 90.5 cm³/mol. The molecule has 0 unspecified atom stereocenters. The summed E-state index contributed by atoms with van der Waals surface area (Å²) in [6.07, 6.45) is 8.66. The quantitative estimate of drug-likeness (QED) is 0.923. The summed E-state index contributed by atoms with van der Waals surface area (Å²) < 4.78 is 0. The first-order chi connectivity index (χ1) is 11.1. The smallest absolute Gasteiger partial charge is 0.248 e. The van der Waals surface area contributed by atoms with Crippen molar-refractivity contribution in [3.63, 3.8) is 0 Å². The number of amides is 1. The number of hydrogen-bond acceptors (Lipinski definition) is 3. The van der Waals surface area contributed by atoms with Gasteiger partial charge in [0.2, 0.25) is 11.5 Å². The van der Waals surface area contributed by atoms with E-state index >= 15 is 0 Å². The monoisotopic (exact) mass is 317 g/mol. The highest BCUT2D eigenvalue weighted by Crippen LogP contribution is 2.27. The van der Waals surface area contributed by atoms with Gasteiger partial charge in [0.25, 0.3) is 0 Å². The highest BCUT2D eigenvalue weighted by Gasteiger charge is 2.27. The molecule has 1 aliphatic carbocycles. The Labute approximate surface area is 137 Å². The van der Waals surface area contributed by atoms with E-state index in [0.717, 1.165) is 31.5 Å². The SMILES string of the molecule is CN(CC(=O)N1CCC(c2cc[nH]c(=O)c2)CC1)C1CCCC1. The summed E-state index contributed by atoms with van der Waals surface area (Å²) >= 11 is 0. The number of pyridine rings is 1. The van der Waals surface area contributed by atoms with Crippen molar-refractivity contribution >= 4 is 5.91 Å². The first kappa shape index (κ1) is 16.2. The highest BCUT2D eigenvalue weighted by molar-refractivity contribution is 5.78. The van der Waals surface area contributed by atoms with Gasteiger partial charge in [-0.05, 0) is 50.3 Å². The van der Waals surface area contributed by atoms with Crippen molar-refractivity contribution in [2.24, 2.45) is 0 Å². The minimum absolute atomic E-state index is 0.0424. The number of hydrogen-bond donors (Lipinski definition) is 1. The van der Waals surface area contributed by atoms with E-state index in [1.54, 1.807) is 12.3 Å². The van der Waals surface area contributed by atoms with E-state index in [-0.39, 0.29) is 11.5 Å². The molecular weight excluding hydrogens is 290 g/mol. The van der Waals surface area contributed by atoms with E-state index in [1.165, 1.54) is 25.7 Å². The lowest BCUT2D eigenvalue weighted by molar-refractivity contribution is -0.133. The molecular formula is C18H27N3O2. The Balaban J connectivity index is 1.50. The molecule has 2 heterocycles. The molecule has 5 heteroatoms. The summed E-state index contributed by atoms with van der Waals surface area (Å²) in [5.41, 5.74) is 1.06. The van der Waals surface area contributed by atoms with Gasteiger partial charge in [-0.2, -0.15) is 0 Å². The average Bonchev–Trinajstić information content (AvgIpc) is 3.09. The first-order valence-corrected chi connectivity index (χ1v) is 8.80. The van der Waals surface area contributed by atoms with Crippen LogP contribution in [0.3, 0.4) is 0 Å².